The van der Waals surface area contributed by atoms with Crippen LogP contribution in [0.3, 0.4) is 0 Å². The molecule has 2 heterocycles. The molecule has 0 radical (unpaired) electrons. The Balaban J connectivity index is 1.58. The van der Waals surface area contributed by atoms with E-state index in [1.54, 1.807) is 19.9 Å². The van der Waals surface area contributed by atoms with Gasteiger partial charge in [0.1, 0.15) is 6.54 Å². The number of nitrogens with one attached hydrogen (secondary N) is 1. The van der Waals surface area contributed by atoms with Gasteiger partial charge < -0.3 is 5.32 Å². The topological polar surface area (TPSA) is 98.9 Å². The summed E-state index contributed by atoms with van der Waals surface area (Å²) in [7, 11) is 0. The van der Waals surface area contributed by atoms with Gasteiger partial charge in [0.05, 0.1) is 18.6 Å². The summed E-state index contributed by atoms with van der Waals surface area (Å²) in [5, 5.41) is 7.14. The Hall–Kier alpha value is -2.77. The third-order valence-corrected chi connectivity index (χ3v) is 4.75. The number of aryl methyl sites for hydroxylation is 3. The van der Waals surface area contributed by atoms with Crippen molar-refractivity contribution in [3.8, 4) is 0 Å². The van der Waals surface area contributed by atoms with E-state index >= 15 is 0 Å². The Labute approximate surface area is 150 Å². The van der Waals surface area contributed by atoms with Crippen molar-refractivity contribution in [2.24, 2.45) is 0 Å². The van der Waals surface area contributed by atoms with Crippen molar-refractivity contribution in [2.75, 3.05) is 6.54 Å². The molecule has 0 atom stereocenters. The summed E-state index contributed by atoms with van der Waals surface area (Å²) in [4.78, 5) is 40.4. The molecular weight excluding hydrogens is 334 g/mol. The van der Waals surface area contributed by atoms with Gasteiger partial charge in [0, 0.05) is 23.9 Å². The van der Waals surface area contributed by atoms with Gasteiger partial charge in [-0.05, 0) is 45.1 Å². The van der Waals surface area contributed by atoms with Crippen LogP contribution in [0.1, 0.15) is 35.4 Å². The monoisotopic (exact) mass is 357 g/mol. The zero-order valence-electron chi connectivity index (χ0n) is 15.1. The van der Waals surface area contributed by atoms with Gasteiger partial charge in [-0.2, -0.15) is 5.10 Å². The number of nitrogens with zero attached hydrogens (tertiary/aromatic N) is 4. The Kier molecular flexibility index (Phi) is 5.29. The number of carbonyl (C=O) groups is 1. The van der Waals surface area contributed by atoms with E-state index in [1.807, 2.05) is 0 Å². The molecule has 0 saturated carbocycles. The minimum atomic E-state index is -0.303. The number of carbonyl (C=O) groups excluding carboxylic acids is 1. The lowest BCUT2D eigenvalue weighted by molar-refractivity contribution is -0.121. The van der Waals surface area contributed by atoms with E-state index in [0.29, 0.717) is 17.8 Å². The molecule has 0 spiro atoms. The van der Waals surface area contributed by atoms with Crippen molar-refractivity contribution in [1.82, 2.24) is 24.6 Å². The van der Waals surface area contributed by atoms with Crippen molar-refractivity contribution < 1.29 is 4.79 Å². The van der Waals surface area contributed by atoms with Crippen molar-refractivity contribution in [1.29, 1.82) is 0 Å². The van der Waals surface area contributed by atoms with Gasteiger partial charge in [0.2, 0.25) is 5.91 Å². The quantitative estimate of drug-likeness (QED) is 0.819. The minimum absolute atomic E-state index is 0.0977. The molecule has 2 aromatic rings. The lowest BCUT2D eigenvalue weighted by Crippen LogP contribution is -2.37. The second-order valence-electron chi connectivity index (χ2n) is 6.62. The maximum Gasteiger partial charge on any atom is 0.267 e. The summed E-state index contributed by atoms with van der Waals surface area (Å²) in [6, 6.07) is 1.66. The van der Waals surface area contributed by atoms with Crippen molar-refractivity contribution in [3.05, 3.63) is 55.6 Å². The fourth-order valence-electron chi connectivity index (χ4n) is 3.06. The summed E-state index contributed by atoms with van der Waals surface area (Å²) in [6.07, 6.45) is 5.37. The fourth-order valence-corrected chi connectivity index (χ4v) is 3.06. The van der Waals surface area contributed by atoms with Gasteiger partial charge in [-0.3, -0.25) is 19.0 Å². The van der Waals surface area contributed by atoms with Crippen LogP contribution in [0.5, 0.6) is 0 Å². The molecule has 0 unspecified atom stereocenters. The first-order valence-electron chi connectivity index (χ1n) is 8.85. The Bertz CT molecular complexity index is 945. The highest BCUT2D eigenvalue weighted by molar-refractivity contribution is 5.75. The van der Waals surface area contributed by atoms with Crippen LogP contribution < -0.4 is 16.4 Å². The van der Waals surface area contributed by atoms with Crippen LogP contribution >= 0.6 is 0 Å². The molecule has 0 aliphatic heterocycles. The molecule has 1 aliphatic rings. The van der Waals surface area contributed by atoms with Crippen LogP contribution in [0.4, 0.5) is 0 Å². The number of fused-ring (bicyclic) bond motifs is 1. The van der Waals surface area contributed by atoms with E-state index < -0.39 is 0 Å². The Morgan fingerprint density at radius 1 is 1.23 bits per heavy atom. The largest absolute Gasteiger partial charge is 0.353 e. The minimum Gasteiger partial charge on any atom is -0.353 e. The van der Waals surface area contributed by atoms with Crippen molar-refractivity contribution in [3.63, 3.8) is 0 Å². The molecule has 1 aliphatic carbocycles. The summed E-state index contributed by atoms with van der Waals surface area (Å²) >= 11 is 0. The molecule has 1 N–H and O–H groups in total. The van der Waals surface area contributed by atoms with Gasteiger partial charge in [-0.1, -0.05) is 0 Å². The van der Waals surface area contributed by atoms with Crippen LogP contribution in [0.25, 0.3) is 0 Å². The molecule has 26 heavy (non-hydrogen) atoms. The highest BCUT2D eigenvalue weighted by Crippen LogP contribution is 2.16. The van der Waals surface area contributed by atoms with Crippen LogP contribution in [0.15, 0.2) is 22.0 Å². The van der Waals surface area contributed by atoms with E-state index in [1.165, 1.54) is 15.6 Å². The van der Waals surface area contributed by atoms with Crippen LogP contribution in [0, 0.1) is 13.8 Å². The molecule has 0 saturated heterocycles. The third kappa shape index (κ3) is 3.89. The van der Waals surface area contributed by atoms with Crippen molar-refractivity contribution in [2.45, 2.75) is 52.6 Å². The number of rotatable bonds is 5. The zero-order valence-corrected chi connectivity index (χ0v) is 15.1. The number of hydrogen-bond acceptors (Lipinski definition) is 5. The molecule has 0 aromatic carbocycles. The second-order valence-corrected chi connectivity index (χ2v) is 6.62. The third-order valence-electron chi connectivity index (χ3n) is 4.75. The van der Waals surface area contributed by atoms with E-state index in [4.69, 9.17) is 0 Å². The maximum atomic E-state index is 12.1. The smallest absolute Gasteiger partial charge is 0.267 e. The first kappa shape index (κ1) is 18.0. The van der Waals surface area contributed by atoms with Crippen LogP contribution in [0.2, 0.25) is 0 Å². The zero-order chi connectivity index (χ0) is 18.7. The molecule has 8 heteroatoms. The van der Waals surface area contributed by atoms with Gasteiger partial charge in [-0.25, -0.2) is 9.67 Å². The molecule has 8 nitrogen and oxygen atoms in total. The average molecular weight is 357 g/mol. The highest BCUT2D eigenvalue weighted by atomic mass is 16.2. The molecule has 0 bridgehead atoms. The van der Waals surface area contributed by atoms with Crippen LogP contribution in [-0.4, -0.2) is 31.8 Å². The first-order chi connectivity index (χ1) is 12.5. The predicted molar refractivity (Wildman–Crippen MR) is 96.1 cm³/mol. The first-order valence-corrected chi connectivity index (χ1v) is 8.85. The van der Waals surface area contributed by atoms with Gasteiger partial charge in [0.25, 0.3) is 11.1 Å². The number of aromatic nitrogens is 4. The molecular formula is C18H23N5O3. The van der Waals surface area contributed by atoms with E-state index in [9.17, 15) is 14.4 Å². The fraction of sp³-hybridized carbons (Fsp3) is 0.500. The number of hydrogen-bond donors (Lipinski definition) is 1. The summed E-state index contributed by atoms with van der Waals surface area (Å²) in [5.41, 5.74) is 2.85. The number of amides is 1. The van der Waals surface area contributed by atoms with Crippen molar-refractivity contribution >= 4 is 5.91 Å². The maximum absolute atomic E-state index is 12.1. The lowest BCUT2D eigenvalue weighted by atomic mass is 9.97. The van der Waals surface area contributed by atoms with Gasteiger partial charge in [-0.15, -0.1) is 0 Å². The van der Waals surface area contributed by atoms with E-state index in [-0.39, 0.29) is 30.1 Å². The Morgan fingerprint density at radius 3 is 2.81 bits per heavy atom. The van der Waals surface area contributed by atoms with Crippen LogP contribution in [-0.2, 0) is 30.7 Å². The molecule has 3 rings (SSSR count). The lowest BCUT2D eigenvalue weighted by Gasteiger charge is -2.16. The molecule has 1 amide bonds. The second kappa shape index (κ2) is 7.63. The van der Waals surface area contributed by atoms with E-state index in [2.05, 4.69) is 15.4 Å². The average Bonchev–Trinajstić information content (AvgIpc) is 2.62. The van der Waals surface area contributed by atoms with Gasteiger partial charge >= 0.3 is 0 Å². The normalized spacial score (nSPS) is 13.3. The Morgan fingerprint density at radius 2 is 2.00 bits per heavy atom. The summed E-state index contributed by atoms with van der Waals surface area (Å²) in [6.45, 7) is 3.92. The summed E-state index contributed by atoms with van der Waals surface area (Å²) < 4.78 is 2.68. The SMILES string of the molecule is Cc1ncn(CC(=O)NCCn2nc3c(cc2=O)CCCC3)c(=O)c1C. The van der Waals surface area contributed by atoms with Gasteiger partial charge in [0.15, 0.2) is 0 Å². The molecule has 138 valence electrons. The summed E-state index contributed by atoms with van der Waals surface area (Å²) in [5.74, 6) is -0.303. The standard InChI is InChI=1S/C18H23N5O3/c1-12-13(2)20-11-22(18(12)26)10-16(24)19-7-8-23-17(25)9-14-5-3-4-6-15(14)21-23/h9,11H,3-8,10H2,1-2H3,(H,19,24). The predicted octanol–water partition coefficient (Wildman–Crippen LogP) is 0.112. The molecule has 0 fully saturated rings. The highest BCUT2D eigenvalue weighted by Gasteiger charge is 2.13. The molecule has 2 aromatic heterocycles. The van der Waals surface area contributed by atoms with E-state index in [0.717, 1.165) is 36.9 Å².